The summed E-state index contributed by atoms with van der Waals surface area (Å²) in [5, 5.41) is 6.96. The number of rotatable bonds is 6. The third kappa shape index (κ3) is 6.45. The second kappa shape index (κ2) is 11.3. The van der Waals surface area contributed by atoms with Crippen molar-refractivity contribution < 1.29 is 23.9 Å². The van der Waals surface area contributed by atoms with Gasteiger partial charge in [0.2, 0.25) is 0 Å². The second-order valence-electron chi connectivity index (χ2n) is 7.63. The minimum absolute atomic E-state index is 0.232. The van der Waals surface area contributed by atoms with Crippen molar-refractivity contribution in [1.82, 2.24) is 5.43 Å². The Morgan fingerprint density at radius 2 is 1.63 bits per heavy atom. The third-order valence-corrected chi connectivity index (χ3v) is 5.49. The van der Waals surface area contributed by atoms with Crippen LogP contribution >= 0.6 is 11.6 Å². The van der Waals surface area contributed by atoms with Crippen LogP contribution in [-0.2, 0) is 9.59 Å². The molecule has 2 amide bonds. The first kappa shape index (κ1) is 25.5. The Morgan fingerprint density at radius 1 is 0.886 bits per heavy atom. The van der Waals surface area contributed by atoms with Crippen molar-refractivity contribution in [3.63, 3.8) is 0 Å². The molecule has 0 fully saturated rings. The summed E-state index contributed by atoms with van der Waals surface area (Å²) in [7, 11) is 1.44. The number of carbonyl (C=O) groups is 3. The van der Waals surface area contributed by atoms with Crippen LogP contribution in [0.3, 0.4) is 0 Å². The van der Waals surface area contributed by atoms with Crippen LogP contribution in [0.1, 0.15) is 34.0 Å². The average molecular weight is 494 g/mol. The zero-order chi connectivity index (χ0) is 25.5. The molecule has 0 spiro atoms. The Bertz CT molecular complexity index is 1320. The van der Waals surface area contributed by atoms with Gasteiger partial charge in [0.05, 0.1) is 18.4 Å². The fourth-order valence-electron chi connectivity index (χ4n) is 3.08. The number of hydrogen-bond donors (Lipinski definition) is 2. The number of ether oxygens (including phenoxy) is 2. The maximum atomic E-state index is 12.5. The molecule has 0 saturated carbocycles. The first-order valence-corrected chi connectivity index (χ1v) is 11.0. The van der Waals surface area contributed by atoms with Gasteiger partial charge in [-0.05, 0) is 68.8 Å². The molecule has 0 radical (unpaired) electrons. The molecule has 8 nitrogen and oxygen atoms in total. The summed E-state index contributed by atoms with van der Waals surface area (Å²) in [6.45, 7) is 5.26. The highest BCUT2D eigenvalue weighted by molar-refractivity contribution is 6.40. The second-order valence-corrected chi connectivity index (χ2v) is 8.04. The zero-order valence-corrected chi connectivity index (χ0v) is 20.4. The van der Waals surface area contributed by atoms with E-state index < -0.39 is 17.8 Å². The number of amides is 2. The first-order valence-electron chi connectivity index (χ1n) is 10.6. The van der Waals surface area contributed by atoms with Gasteiger partial charge in [-0.15, -0.1) is 0 Å². The summed E-state index contributed by atoms with van der Waals surface area (Å²) >= 11 is 6.04. The molecule has 0 unspecified atom stereocenters. The van der Waals surface area contributed by atoms with Crippen molar-refractivity contribution in [3.05, 3.63) is 87.9 Å². The lowest BCUT2D eigenvalue weighted by Crippen LogP contribution is -2.33. The van der Waals surface area contributed by atoms with Crippen molar-refractivity contribution in [2.75, 3.05) is 12.4 Å². The number of anilines is 1. The van der Waals surface area contributed by atoms with E-state index in [1.54, 1.807) is 68.4 Å². The van der Waals surface area contributed by atoms with Gasteiger partial charge in [-0.2, -0.15) is 5.10 Å². The monoisotopic (exact) mass is 493 g/mol. The third-order valence-electron chi connectivity index (χ3n) is 5.09. The van der Waals surface area contributed by atoms with E-state index in [1.807, 2.05) is 13.0 Å². The maximum Gasteiger partial charge on any atom is 0.343 e. The van der Waals surface area contributed by atoms with E-state index in [2.05, 4.69) is 15.8 Å². The Hall–Kier alpha value is -4.17. The minimum atomic E-state index is -0.945. The quantitative estimate of drug-likeness (QED) is 0.171. The number of benzene rings is 3. The van der Waals surface area contributed by atoms with Gasteiger partial charge in [0.1, 0.15) is 0 Å². The molecule has 9 heteroatoms. The van der Waals surface area contributed by atoms with Gasteiger partial charge in [0, 0.05) is 16.3 Å². The molecule has 0 aliphatic rings. The number of hydrazone groups is 1. The number of nitrogens with zero attached hydrogens (tertiary/aromatic N) is 1. The van der Waals surface area contributed by atoms with E-state index in [1.165, 1.54) is 7.11 Å². The molecule has 3 rings (SSSR count). The van der Waals surface area contributed by atoms with Crippen LogP contribution in [0.15, 0.2) is 65.8 Å². The molecule has 0 heterocycles. The fourth-order valence-corrected chi connectivity index (χ4v) is 3.25. The molecule has 3 aromatic rings. The molecule has 2 N–H and O–H groups in total. The summed E-state index contributed by atoms with van der Waals surface area (Å²) in [5.41, 5.74) is 5.64. The van der Waals surface area contributed by atoms with Crippen LogP contribution in [-0.4, -0.2) is 30.6 Å². The van der Waals surface area contributed by atoms with Crippen LogP contribution in [0.5, 0.6) is 11.5 Å². The summed E-state index contributed by atoms with van der Waals surface area (Å²) in [6, 6.07) is 16.9. The molecular formula is C26H24ClN3O5. The molecule has 0 atom stereocenters. The van der Waals surface area contributed by atoms with Crippen molar-refractivity contribution in [2.45, 2.75) is 20.8 Å². The van der Waals surface area contributed by atoms with E-state index in [4.69, 9.17) is 21.1 Å². The van der Waals surface area contributed by atoms with E-state index in [9.17, 15) is 14.4 Å². The Morgan fingerprint density at radius 3 is 2.34 bits per heavy atom. The van der Waals surface area contributed by atoms with Crippen LogP contribution in [0.4, 0.5) is 5.69 Å². The lowest BCUT2D eigenvalue weighted by molar-refractivity contribution is -0.136. The molecule has 180 valence electrons. The van der Waals surface area contributed by atoms with Gasteiger partial charge < -0.3 is 14.8 Å². The number of hydrogen-bond acceptors (Lipinski definition) is 6. The van der Waals surface area contributed by atoms with Gasteiger partial charge in [0.15, 0.2) is 11.5 Å². The highest BCUT2D eigenvalue weighted by Gasteiger charge is 2.16. The van der Waals surface area contributed by atoms with Crippen molar-refractivity contribution >= 4 is 40.8 Å². The average Bonchev–Trinajstić information content (AvgIpc) is 2.85. The van der Waals surface area contributed by atoms with Crippen LogP contribution in [0.2, 0.25) is 5.02 Å². The lowest BCUT2D eigenvalue weighted by Gasteiger charge is -2.11. The molecule has 3 aromatic carbocycles. The van der Waals surface area contributed by atoms with E-state index >= 15 is 0 Å². The summed E-state index contributed by atoms with van der Waals surface area (Å²) in [5.74, 6) is -1.81. The lowest BCUT2D eigenvalue weighted by atomic mass is 10.1. The predicted molar refractivity (Wildman–Crippen MR) is 134 cm³/mol. The number of methoxy groups -OCH3 is 1. The number of carbonyl (C=O) groups excluding carboxylic acids is 3. The molecule has 0 saturated heterocycles. The maximum absolute atomic E-state index is 12.5. The van der Waals surface area contributed by atoms with Crippen LogP contribution < -0.4 is 20.2 Å². The molecule has 0 bridgehead atoms. The fraction of sp³-hybridized carbons (Fsp3) is 0.154. The number of esters is 1. The molecule has 0 aliphatic carbocycles. The Balaban J connectivity index is 1.68. The summed E-state index contributed by atoms with van der Waals surface area (Å²) in [6.07, 6.45) is 0. The molecule has 0 aromatic heterocycles. The van der Waals surface area contributed by atoms with Crippen LogP contribution in [0, 0.1) is 13.8 Å². The standard InChI is InChI=1S/C26H24ClN3O5/c1-15-7-5-8-19(13-15)26(33)35-22-12-11-18(14-23(22)34-4)17(3)29-30-25(32)24(31)28-21-10-6-9-20(27)16(21)2/h5-14H,1-4H3,(H,28,31)(H,30,32). The Labute approximate surface area is 207 Å². The van der Waals surface area contributed by atoms with Gasteiger partial charge in [-0.25, -0.2) is 10.2 Å². The number of nitrogens with one attached hydrogen (secondary N) is 2. The zero-order valence-electron chi connectivity index (χ0n) is 19.6. The van der Waals surface area contributed by atoms with E-state index in [-0.39, 0.29) is 5.75 Å². The SMILES string of the molecule is COc1cc(C(C)=NNC(=O)C(=O)Nc2cccc(Cl)c2C)ccc1OC(=O)c1cccc(C)c1. The van der Waals surface area contributed by atoms with Crippen molar-refractivity contribution in [3.8, 4) is 11.5 Å². The molecule has 0 aliphatic heterocycles. The van der Waals surface area contributed by atoms with E-state index in [0.717, 1.165) is 5.56 Å². The number of aryl methyl sites for hydroxylation is 1. The molecule has 35 heavy (non-hydrogen) atoms. The topological polar surface area (TPSA) is 106 Å². The van der Waals surface area contributed by atoms with E-state index in [0.29, 0.717) is 38.9 Å². The summed E-state index contributed by atoms with van der Waals surface area (Å²) in [4.78, 5) is 36.9. The smallest absolute Gasteiger partial charge is 0.343 e. The van der Waals surface area contributed by atoms with Gasteiger partial charge >= 0.3 is 17.8 Å². The summed E-state index contributed by atoms with van der Waals surface area (Å²) < 4.78 is 10.8. The highest BCUT2D eigenvalue weighted by Crippen LogP contribution is 2.29. The minimum Gasteiger partial charge on any atom is -0.493 e. The van der Waals surface area contributed by atoms with Crippen LogP contribution in [0.25, 0.3) is 0 Å². The van der Waals surface area contributed by atoms with Gasteiger partial charge in [0.25, 0.3) is 0 Å². The van der Waals surface area contributed by atoms with Crippen molar-refractivity contribution in [1.29, 1.82) is 0 Å². The first-order chi connectivity index (χ1) is 16.7. The van der Waals surface area contributed by atoms with Gasteiger partial charge in [-0.1, -0.05) is 35.4 Å². The molecular weight excluding hydrogens is 470 g/mol. The Kier molecular flexibility index (Phi) is 8.22. The largest absolute Gasteiger partial charge is 0.493 e. The number of halogens is 1. The normalized spacial score (nSPS) is 10.9. The predicted octanol–water partition coefficient (Wildman–Crippen LogP) is 4.66. The van der Waals surface area contributed by atoms with Crippen molar-refractivity contribution in [2.24, 2.45) is 5.10 Å². The van der Waals surface area contributed by atoms with Gasteiger partial charge in [-0.3, -0.25) is 9.59 Å². The highest BCUT2D eigenvalue weighted by atomic mass is 35.5.